The van der Waals surface area contributed by atoms with Crippen LogP contribution in [0.5, 0.6) is 11.5 Å². The number of nitrogens with zero attached hydrogens (tertiary/aromatic N) is 1. The van der Waals surface area contributed by atoms with Crippen LogP contribution in [0.3, 0.4) is 0 Å². The Bertz CT molecular complexity index is 732. The molecular formula is C21H27ClN2O3. The third kappa shape index (κ3) is 7.12. The van der Waals surface area contributed by atoms with Gasteiger partial charge in [-0.2, -0.15) is 0 Å². The summed E-state index contributed by atoms with van der Waals surface area (Å²) in [4.78, 5) is 13.2. The minimum Gasteiger partial charge on any atom is -0.494 e. The summed E-state index contributed by atoms with van der Waals surface area (Å²) in [5.74, 6) is 1.32. The maximum Gasteiger partial charge on any atom is 0.414 e. The fourth-order valence-corrected chi connectivity index (χ4v) is 2.69. The molecule has 2 aromatic rings. The number of halogens is 1. The Labute approximate surface area is 166 Å². The van der Waals surface area contributed by atoms with E-state index in [2.05, 4.69) is 19.2 Å². The lowest BCUT2D eigenvalue weighted by Crippen LogP contribution is -2.29. The summed E-state index contributed by atoms with van der Waals surface area (Å²) < 4.78 is 11.2. The SMILES string of the molecule is CC(C)NC(CCOc1ccc(Cl)cc1)c1cccc(OC(=O)N(C)C)c1. The number of nitrogens with one attached hydrogen (secondary N) is 1. The first-order valence-corrected chi connectivity index (χ1v) is 9.36. The minimum atomic E-state index is -0.397. The van der Waals surface area contributed by atoms with Gasteiger partial charge in [0.1, 0.15) is 11.5 Å². The van der Waals surface area contributed by atoms with E-state index < -0.39 is 6.09 Å². The fraction of sp³-hybridized carbons (Fsp3) is 0.381. The van der Waals surface area contributed by atoms with Crippen LogP contribution in [0, 0.1) is 0 Å². The Morgan fingerprint density at radius 1 is 1.11 bits per heavy atom. The highest BCUT2D eigenvalue weighted by Gasteiger charge is 2.15. The highest BCUT2D eigenvalue weighted by Crippen LogP contribution is 2.24. The number of rotatable bonds is 8. The van der Waals surface area contributed by atoms with E-state index in [-0.39, 0.29) is 6.04 Å². The summed E-state index contributed by atoms with van der Waals surface area (Å²) in [6.07, 6.45) is 0.373. The molecule has 27 heavy (non-hydrogen) atoms. The van der Waals surface area contributed by atoms with Gasteiger partial charge in [-0.3, -0.25) is 0 Å². The van der Waals surface area contributed by atoms with Crippen molar-refractivity contribution in [1.29, 1.82) is 0 Å². The van der Waals surface area contributed by atoms with Crippen molar-refractivity contribution in [2.24, 2.45) is 0 Å². The second-order valence-corrected chi connectivity index (χ2v) is 7.24. The topological polar surface area (TPSA) is 50.8 Å². The van der Waals surface area contributed by atoms with Crippen molar-refractivity contribution in [3.63, 3.8) is 0 Å². The summed E-state index contributed by atoms with van der Waals surface area (Å²) in [7, 11) is 3.31. The summed E-state index contributed by atoms with van der Waals surface area (Å²) in [5, 5.41) is 4.23. The van der Waals surface area contributed by atoms with Crippen molar-refractivity contribution >= 4 is 17.7 Å². The molecule has 0 aliphatic rings. The van der Waals surface area contributed by atoms with Gasteiger partial charge in [0.05, 0.1) is 6.61 Å². The van der Waals surface area contributed by atoms with Crippen molar-refractivity contribution in [1.82, 2.24) is 10.2 Å². The van der Waals surface area contributed by atoms with E-state index >= 15 is 0 Å². The van der Waals surface area contributed by atoms with E-state index in [1.807, 2.05) is 42.5 Å². The summed E-state index contributed by atoms with van der Waals surface area (Å²) in [6, 6.07) is 15.3. The first-order valence-electron chi connectivity index (χ1n) is 8.98. The average Bonchev–Trinajstić information content (AvgIpc) is 2.62. The molecule has 0 fully saturated rings. The molecule has 6 heteroatoms. The molecule has 0 heterocycles. The van der Waals surface area contributed by atoms with Crippen LogP contribution in [0.25, 0.3) is 0 Å². The number of benzene rings is 2. The first-order chi connectivity index (χ1) is 12.8. The van der Waals surface area contributed by atoms with Gasteiger partial charge >= 0.3 is 6.09 Å². The van der Waals surface area contributed by atoms with Gasteiger partial charge in [0.2, 0.25) is 0 Å². The van der Waals surface area contributed by atoms with E-state index in [0.29, 0.717) is 23.4 Å². The largest absolute Gasteiger partial charge is 0.494 e. The van der Waals surface area contributed by atoms with Crippen LogP contribution >= 0.6 is 11.6 Å². The molecule has 0 aliphatic carbocycles. The maximum atomic E-state index is 11.8. The molecule has 0 aromatic heterocycles. The van der Waals surface area contributed by atoms with Crippen molar-refractivity contribution in [3.8, 4) is 11.5 Å². The van der Waals surface area contributed by atoms with E-state index in [1.165, 1.54) is 4.90 Å². The van der Waals surface area contributed by atoms with Crippen LogP contribution in [-0.2, 0) is 0 Å². The highest BCUT2D eigenvalue weighted by atomic mass is 35.5. The lowest BCUT2D eigenvalue weighted by Gasteiger charge is -2.22. The normalized spacial score (nSPS) is 11.9. The molecule has 5 nitrogen and oxygen atoms in total. The number of ether oxygens (including phenoxy) is 2. The first kappa shape index (κ1) is 21.1. The van der Waals surface area contributed by atoms with Gasteiger partial charge in [0, 0.05) is 37.6 Å². The Morgan fingerprint density at radius 3 is 2.44 bits per heavy atom. The molecule has 1 atom stereocenters. The number of amides is 1. The van der Waals surface area contributed by atoms with Crippen molar-refractivity contribution < 1.29 is 14.3 Å². The number of hydrogen-bond donors (Lipinski definition) is 1. The van der Waals surface area contributed by atoms with Gasteiger partial charge in [-0.25, -0.2) is 4.79 Å². The number of carbonyl (C=O) groups excluding carboxylic acids is 1. The van der Waals surface area contributed by atoms with E-state index in [4.69, 9.17) is 21.1 Å². The number of hydrogen-bond acceptors (Lipinski definition) is 4. The second-order valence-electron chi connectivity index (χ2n) is 6.80. The van der Waals surface area contributed by atoms with E-state index in [1.54, 1.807) is 20.2 Å². The Hall–Kier alpha value is -2.24. The van der Waals surface area contributed by atoms with Gasteiger partial charge < -0.3 is 19.7 Å². The molecule has 0 radical (unpaired) electrons. The molecule has 0 bridgehead atoms. The molecule has 1 N–H and O–H groups in total. The lowest BCUT2D eigenvalue weighted by molar-refractivity contribution is 0.172. The molecule has 1 unspecified atom stereocenters. The Kier molecular flexibility index (Phi) is 7.95. The standard InChI is InChI=1S/C21H27ClN2O3/c1-15(2)23-20(12-13-26-18-10-8-17(22)9-11-18)16-6-5-7-19(14-16)27-21(25)24(3)4/h5-11,14-15,20,23H,12-13H2,1-4H3. The Balaban J connectivity index is 2.04. The average molecular weight is 391 g/mol. The van der Waals surface area contributed by atoms with Crippen molar-refractivity contribution in [2.75, 3.05) is 20.7 Å². The molecule has 0 saturated carbocycles. The van der Waals surface area contributed by atoms with Crippen LogP contribution in [0.15, 0.2) is 48.5 Å². The monoisotopic (exact) mass is 390 g/mol. The zero-order valence-electron chi connectivity index (χ0n) is 16.2. The van der Waals surface area contributed by atoms with Crippen LogP contribution in [0.4, 0.5) is 4.79 Å². The predicted octanol–water partition coefficient (Wildman–Crippen LogP) is 4.91. The third-order valence-electron chi connectivity index (χ3n) is 3.85. The Morgan fingerprint density at radius 2 is 1.81 bits per heavy atom. The van der Waals surface area contributed by atoms with E-state index in [0.717, 1.165) is 17.7 Å². The lowest BCUT2D eigenvalue weighted by atomic mass is 10.0. The molecular weight excluding hydrogens is 364 g/mol. The molecule has 0 aliphatic heterocycles. The fourth-order valence-electron chi connectivity index (χ4n) is 2.56. The van der Waals surface area contributed by atoms with Gasteiger partial charge in [-0.1, -0.05) is 37.6 Å². The predicted molar refractivity (Wildman–Crippen MR) is 109 cm³/mol. The second kappa shape index (κ2) is 10.2. The van der Waals surface area contributed by atoms with Crippen LogP contribution in [-0.4, -0.2) is 37.7 Å². The molecule has 2 aromatic carbocycles. The molecule has 1 amide bonds. The van der Waals surface area contributed by atoms with Gasteiger partial charge in [-0.15, -0.1) is 0 Å². The quantitative estimate of drug-likeness (QED) is 0.695. The van der Waals surface area contributed by atoms with Crippen LogP contribution in [0.1, 0.15) is 31.9 Å². The van der Waals surface area contributed by atoms with Gasteiger partial charge in [-0.05, 0) is 42.0 Å². The summed E-state index contributed by atoms with van der Waals surface area (Å²) in [5.41, 5.74) is 1.05. The zero-order chi connectivity index (χ0) is 19.8. The minimum absolute atomic E-state index is 0.0790. The van der Waals surface area contributed by atoms with Crippen molar-refractivity contribution in [3.05, 3.63) is 59.1 Å². The highest BCUT2D eigenvalue weighted by molar-refractivity contribution is 6.30. The molecule has 146 valence electrons. The summed E-state index contributed by atoms with van der Waals surface area (Å²) in [6.45, 7) is 4.75. The zero-order valence-corrected chi connectivity index (χ0v) is 17.0. The molecule has 0 spiro atoms. The van der Waals surface area contributed by atoms with Crippen LogP contribution < -0.4 is 14.8 Å². The van der Waals surface area contributed by atoms with Crippen molar-refractivity contribution in [2.45, 2.75) is 32.4 Å². The maximum absolute atomic E-state index is 11.8. The smallest absolute Gasteiger partial charge is 0.414 e. The molecule has 2 rings (SSSR count). The molecule has 0 saturated heterocycles. The number of carbonyl (C=O) groups is 1. The van der Waals surface area contributed by atoms with Gasteiger partial charge in [0.15, 0.2) is 0 Å². The summed E-state index contributed by atoms with van der Waals surface area (Å²) >= 11 is 5.90. The van der Waals surface area contributed by atoms with Crippen LogP contribution in [0.2, 0.25) is 5.02 Å². The van der Waals surface area contributed by atoms with Gasteiger partial charge in [0.25, 0.3) is 0 Å². The third-order valence-corrected chi connectivity index (χ3v) is 4.11. The van der Waals surface area contributed by atoms with E-state index in [9.17, 15) is 4.79 Å².